The Morgan fingerprint density at radius 3 is 2.35 bits per heavy atom. The number of nitrogens with zero attached hydrogens (tertiary/aromatic N) is 3. The van der Waals surface area contributed by atoms with Gasteiger partial charge < -0.3 is 15.1 Å². The smallest absolute Gasteiger partial charge is 0.236 e. The van der Waals surface area contributed by atoms with Gasteiger partial charge in [-0.25, -0.2) is 0 Å². The number of hydrogen-bond donors (Lipinski definition) is 1. The molecule has 2 rings (SSSR count). The van der Waals surface area contributed by atoms with Crippen molar-refractivity contribution in [3.63, 3.8) is 0 Å². The van der Waals surface area contributed by atoms with Crippen LogP contribution in [-0.4, -0.2) is 86.6 Å². The van der Waals surface area contributed by atoms with Crippen molar-refractivity contribution in [2.24, 2.45) is 5.92 Å². The molecule has 0 aromatic rings. The molecule has 20 heavy (non-hydrogen) atoms. The maximum absolute atomic E-state index is 11.9. The number of hydrogen-bond acceptors (Lipinski definition) is 4. The lowest BCUT2D eigenvalue weighted by Crippen LogP contribution is -2.51. The normalized spacial score (nSPS) is 22.9. The third-order valence-corrected chi connectivity index (χ3v) is 4.70. The van der Waals surface area contributed by atoms with Crippen molar-refractivity contribution in [1.82, 2.24) is 20.0 Å². The van der Waals surface area contributed by atoms with E-state index in [0.29, 0.717) is 6.54 Å². The minimum Gasteiger partial charge on any atom is -0.345 e. The number of carbonyl (C=O) groups excluding carboxylic acids is 1. The molecule has 5 nitrogen and oxygen atoms in total. The lowest BCUT2D eigenvalue weighted by Gasteiger charge is -2.37. The van der Waals surface area contributed by atoms with Gasteiger partial charge in [0.05, 0.1) is 6.54 Å². The maximum atomic E-state index is 11.9. The quantitative estimate of drug-likeness (QED) is 0.775. The average molecular weight is 282 g/mol. The molecule has 2 aliphatic rings. The van der Waals surface area contributed by atoms with Gasteiger partial charge in [0.15, 0.2) is 0 Å². The van der Waals surface area contributed by atoms with Crippen molar-refractivity contribution in [3.8, 4) is 0 Å². The molecular weight excluding hydrogens is 252 g/mol. The number of amides is 1. The van der Waals surface area contributed by atoms with E-state index in [-0.39, 0.29) is 5.91 Å². The molecule has 0 spiro atoms. The van der Waals surface area contributed by atoms with E-state index in [4.69, 9.17) is 0 Å². The van der Waals surface area contributed by atoms with Crippen LogP contribution in [0.2, 0.25) is 0 Å². The van der Waals surface area contributed by atoms with Crippen LogP contribution in [0.25, 0.3) is 0 Å². The minimum absolute atomic E-state index is 0.249. The van der Waals surface area contributed by atoms with Gasteiger partial charge >= 0.3 is 0 Å². The molecule has 5 heteroatoms. The molecule has 0 radical (unpaired) electrons. The van der Waals surface area contributed by atoms with Crippen LogP contribution in [-0.2, 0) is 4.79 Å². The highest BCUT2D eigenvalue weighted by atomic mass is 16.2. The Labute approximate surface area is 123 Å². The highest BCUT2D eigenvalue weighted by molar-refractivity contribution is 5.77. The molecule has 2 aliphatic heterocycles. The summed E-state index contributed by atoms with van der Waals surface area (Å²) in [4.78, 5) is 18.6. The first kappa shape index (κ1) is 15.7. The van der Waals surface area contributed by atoms with E-state index in [1.165, 1.54) is 32.5 Å². The largest absolute Gasteiger partial charge is 0.345 e. The highest BCUT2D eigenvalue weighted by Gasteiger charge is 2.22. The molecule has 2 saturated heterocycles. The van der Waals surface area contributed by atoms with Crippen molar-refractivity contribution < 1.29 is 4.79 Å². The van der Waals surface area contributed by atoms with Crippen molar-refractivity contribution in [2.75, 3.05) is 66.0 Å². The first-order valence-electron chi connectivity index (χ1n) is 8.08. The summed E-state index contributed by atoms with van der Waals surface area (Å²) in [5.41, 5.74) is 0. The molecule has 2 heterocycles. The lowest BCUT2D eigenvalue weighted by atomic mass is 9.97. The Hall–Kier alpha value is -0.650. The van der Waals surface area contributed by atoms with Gasteiger partial charge in [-0.1, -0.05) is 0 Å². The molecule has 0 saturated carbocycles. The van der Waals surface area contributed by atoms with Crippen molar-refractivity contribution in [2.45, 2.75) is 19.8 Å². The van der Waals surface area contributed by atoms with Gasteiger partial charge in [-0.2, -0.15) is 0 Å². The van der Waals surface area contributed by atoms with Crippen LogP contribution in [0.1, 0.15) is 19.8 Å². The maximum Gasteiger partial charge on any atom is 0.236 e. The molecule has 0 aromatic heterocycles. The van der Waals surface area contributed by atoms with Crippen LogP contribution in [0.5, 0.6) is 0 Å². The summed E-state index contributed by atoms with van der Waals surface area (Å²) >= 11 is 0. The number of piperazine rings is 1. The second-order valence-corrected chi connectivity index (χ2v) is 6.18. The number of nitrogens with one attached hydrogen (secondary N) is 1. The fourth-order valence-corrected chi connectivity index (χ4v) is 3.05. The summed E-state index contributed by atoms with van der Waals surface area (Å²) < 4.78 is 0. The standard InChI is InChI=1S/C15H30N4O/c1-3-17(2)15(20)13-19-10-8-18(9-11-19)12-14-4-6-16-7-5-14/h14,16H,3-13H2,1-2H3. The Kier molecular flexibility index (Phi) is 6.26. The fourth-order valence-electron chi connectivity index (χ4n) is 3.05. The van der Waals surface area contributed by atoms with Gasteiger partial charge in [0.1, 0.15) is 0 Å². The number of piperidine rings is 1. The van der Waals surface area contributed by atoms with Gasteiger partial charge in [0.2, 0.25) is 5.91 Å². The molecule has 1 N–H and O–H groups in total. The number of rotatable bonds is 5. The Morgan fingerprint density at radius 2 is 1.75 bits per heavy atom. The molecule has 1 amide bonds. The van der Waals surface area contributed by atoms with Crippen LogP contribution in [0.4, 0.5) is 0 Å². The van der Waals surface area contributed by atoms with E-state index in [1.54, 1.807) is 4.90 Å². The molecule has 116 valence electrons. The topological polar surface area (TPSA) is 38.8 Å². The molecule has 0 atom stereocenters. The second-order valence-electron chi connectivity index (χ2n) is 6.18. The Balaban J connectivity index is 1.65. The van der Waals surface area contributed by atoms with E-state index < -0.39 is 0 Å². The first-order valence-corrected chi connectivity index (χ1v) is 8.08. The van der Waals surface area contributed by atoms with Gasteiger partial charge in [0, 0.05) is 46.3 Å². The van der Waals surface area contributed by atoms with Gasteiger partial charge in [0.25, 0.3) is 0 Å². The van der Waals surface area contributed by atoms with Crippen LogP contribution in [0, 0.1) is 5.92 Å². The summed E-state index contributed by atoms with van der Waals surface area (Å²) in [6, 6.07) is 0. The van der Waals surface area contributed by atoms with Gasteiger partial charge in [-0.05, 0) is 38.8 Å². The summed E-state index contributed by atoms with van der Waals surface area (Å²) in [6.07, 6.45) is 2.64. The zero-order valence-electron chi connectivity index (χ0n) is 13.1. The molecule has 2 fully saturated rings. The van der Waals surface area contributed by atoms with Crippen molar-refractivity contribution >= 4 is 5.91 Å². The second kappa shape index (κ2) is 7.96. The van der Waals surface area contributed by atoms with E-state index in [0.717, 1.165) is 38.6 Å². The number of likely N-dealkylation sites (N-methyl/N-ethyl adjacent to an activating group) is 1. The third-order valence-electron chi connectivity index (χ3n) is 4.70. The first-order chi connectivity index (χ1) is 9.69. The monoisotopic (exact) mass is 282 g/mol. The Morgan fingerprint density at radius 1 is 1.15 bits per heavy atom. The zero-order valence-corrected chi connectivity index (χ0v) is 13.1. The van der Waals surface area contributed by atoms with Crippen LogP contribution >= 0.6 is 0 Å². The van der Waals surface area contributed by atoms with E-state index in [1.807, 2.05) is 14.0 Å². The van der Waals surface area contributed by atoms with E-state index in [2.05, 4.69) is 15.1 Å². The Bertz CT molecular complexity index is 296. The van der Waals surface area contributed by atoms with Gasteiger partial charge in [-0.15, -0.1) is 0 Å². The average Bonchev–Trinajstić information content (AvgIpc) is 2.49. The third kappa shape index (κ3) is 4.72. The minimum atomic E-state index is 0.249. The van der Waals surface area contributed by atoms with Crippen LogP contribution < -0.4 is 5.32 Å². The van der Waals surface area contributed by atoms with E-state index in [9.17, 15) is 4.79 Å². The SMILES string of the molecule is CCN(C)C(=O)CN1CCN(CC2CCNCC2)CC1. The van der Waals surface area contributed by atoms with E-state index >= 15 is 0 Å². The summed E-state index contributed by atoms with van der Waals surface area (Å²) in [5.74, 6) is 1.12. The summed E-state index contributed by atoms with van der Waals surface area (Å²) in [5, 5.41) is 3.43. The molecule has 0 bridgehead atoms. The highest BCUT2D eigenvalue weighted by Crippen LogP contribution is 2.14. The predicted octanol–water partition coefficient (Wildman–Crippen LogP) is 0.0819. The van der Waals surface area contributed by atoms with Crippen molar-refractivity contribution in [1.29, 1.82) is 0 Å². The summed E-state index contributed by atoms with van der Waals surface area (Å²) in [6.45, 7) is 11.3. The van der Waals surface area contributed by atoms with Crippen molar-refractivity contribution in [3.05, 3.63) is 0 Å². The lowest BCUT2D eigenvalue weighted by molar-refractivity contribution is -0.131. The fraction of sp³-hybridized carbons (Fsp3) is 0.933. The summed E-state index contributed by atoms with van der Waals surface area (Å²) in [7, 11) is 1.88. The molecule has 0 aliphatic carbocycles. The van der Waals surface area contributed by atoms with Crippen LogP contribution in [0.3, 0.4) is 0 Å². The molecule has 0 aromatic carbocycles. The predicted molar refractivity (Wildman–Crippen MR) is 81.8 cm³/mol. The number of carbonyl (C=O) groups is 1. The molecule has 0 unspecified atom stereocenters. The molecular formula is C15H30N4O. The van der Waals surface area contributed by atoms with Gasteiger partial charge in [-0.3, -0.25) is 9.69 Å². The zero-order chi connectivity index (χ0) is 14.4. The van der Waals surface area contributed by atoms with Crippen LogP contribution in [0.15, 0.2) is 0 Å².